The van der Waals surface area contributed by atoms with Crippen molar-refractivity contribution in [3.63, 3.8) is 0 Å². The molecule has 2 aliphatic carbocycles. The van der Waals surface area contributed by atoms with Gasteiger partial charge in [-0.15, -0.1) is 0 Å². The van der Waals surface area contributed by atoms with Gasteiger partial charge in [0.1, 0.15) is 0 Å². The van der Waals surface area contributed by atoms with Gasteiger partial charge < -0.3 is 15.3 Å². The summed E-state index contributed by atoms with van der Waals surface area (Å²) in [5.74, 6) is -3.67. The fraction of sp³-hybridized carbons (Fsp3) is 0.128. The van der Waals surface area contributed by atoms with Gasteiger partial charge in [0.25, 0.3) is 0 Å². The second-order valence-electron chi connectivity index (χ2n) is 14.3. The van der Waals surface area contributed by atoms with Gasteiger partial charge in [0.05, 0.1) is 16.7 Å². The molecule has 3 N–H and O–H groups in total. The molecule has 0 fully saturated rings. The molecule has 0 bridgehead atoms. The van der Waals surface area contributed by atoms with E-state index < -0.39 is 17.9 Å². The van der Waals surface area contributed by atoms with E-state index in [-0.39, 0.29) is 32.8 Å². The third kappa shape index (κ3) is 4.42. The minimum absolute atomic E-state index is 0.0264. The van der Waals surface area contributed by atoms with Crippen LogP contribution in [0.1, 0.15) is 75.6 Å². The van der Waals surface area contributed by atoms with E-state index in [4.69, 9.17) is 0 Å². The van der Waals surface area contributed by atoms with Gasteiger partial charge in [-0.25, -0.2) is 14.4 Å². The first-order chi connectivity index (χ1) is 25.5. The standard InChI is InChI=1S/C47H34O6/c1-22-25(4)41(46(50)51)42-36(38(22)32-17-9-15-30-28-13-7-5-11-26(28)19-34(30)32)21-37(45(48)49)40-24(3)23(2)39(44(43(40)42)47(52)53)33-18-10-16-31-29-14-8-6-12-27(29)20-35(31)33/h5-18,21H,19-20H2,1-4H3,(H,48,49)(H,50,51)(H,52,53). The summed E-state index contributed by atoms with van der Waals surface area (Å²) < 4.78 is 0. The first-order valence-corrected chi connectivity index (χ1v) is 17.7. The van der Waals surface area contributed by atoms with Gasteiger partial charge in [0, 0.05) is 21.7 Å². The summed E-state index contributed by atoms with van der Waals surface area (Å²) in [6.45, 7) is 7.28. The zero-order valence-corrected chi connectivity index (χ0v) is 29.6. The summed E-state index contributed by atoms with van der Waals surface area (Å²) in [5.41, 5.74) is 13.7. The van der Waals surface area contributed by atoms with E-state index in [0.717, 1.165) is 50.1 Å². The maximum absolute atomic E-state index is 13.9. The van der Waals surface area contributed by atoms with Crippen molar-refractivity contribution < 1.29 is 29.7 Å². The Kier molecular flexibility index (Phi) is 7.02. The first-order valence-electron chi connectivity index (χ1n) is 17.7. The van der Waals surface area contributed by atoms with Crippen LogP contribution in [0.2, 0.25) is 0 Å². The van der Waals surface area contributed by atoms with Crippen molar-refractivity contribution in [2.45, 2.75) is 40.5 Å². The first kappa shape index (κ1) is 32.4. The monoisotopic (exact) mass is 694 g/mol. The molecule has 0 heterocycles. The predicted molar refractivity (Wildman–Crippen MR) is 209 cm³/mol. The number of aryl methyl sites for hydroxylation is 1. The third-order valence-electron chi connectivity index (χ3n) is 11.9. The van der Waals surface area contributed by atoms with Gasteiger partial charge in [0.2, 0.25) is 0 Å². The maximum atomic E-state index is 13.9. The van der Waals surface area contributed by atoms with Gasteiger partial charge in [-0.1, -0.05) is 84.9 Å². The summed E-state index contributed by atoms with van der Waals surface area (Å²) in [6.07, 6.45) is 1.27. The lowest BCUT2D eigenvalue weighted by molar-refractivity contribution is 0.0686. The number of hydrogen-bond acceptors (Lipinski definition) is 3. The molecule has 0 atom stereocenters. The SMILES string of the molecule is Cc1c(C)c(C(=O)O)c2c(cc(C(=O)O)c3c(C)c(C)c(-c4cccc5c4Cc4ccccc4-5)c(C(=O)O)c32)c1-c1cccc2c1Cc1ccccc1-2. The second kappa shape index (κ2) is 11.5. The Bertz CT molecular complexity index is 2860. The molecule has 0 unspecified atom stereocenters. The van der Waals surface area contributed by atoms with Crippen molar-refractivity contribution in [3.8, 4) is 44.5 Å². The van der Waals surface area contributed by atoms with Crippen LogP contribution in [0.5, 0.6) is 0 Å². The minimum Gasteiger partial charge on any atom is -0.478 e. The molecular weight excluding hydrogens is 661 g/mol. The number of hydrogen-bond donors (Lipinski definition) is 3. The Hall–Kier alpha value is -6.53. The maximum Gasteiger partial charge on any atom is 0.336 e. The van der Waals surface area contributed by atoms with E-state index in [1.807, 2.05) is 75.4 Å². The zero-order chi connectivity index (χ0) is 37.0. The molecule has 2 aliphatic rings. The lowest BCUT2D eigenvalue weighted by atomic mass is 9.77. The Morgan fingerprint density at radius 1 is 0.453 bits per heavy atom. The molecule has 6 heteroatoms. The quantitative estimate of drug-likeness (QED) is 0.155. The fourth-order valence-electron chi connectivity index (χ4n) is 9.35. The number of aromatic carboxylic acids is 3. The summed E-state index contributed by atoms with van der Waals surface area (Å²) in [5, 5.41) is 34.2. The lowest BCUT2D eigenvalue weighted by Crippen LogP contribution is -2.12. The van der Waals surface area contributed by atoms with Crippen LogP contribution in [0.3, 0.4) is 0 Å². The summed E-state index contributed by atoms with van der Waals surface area (Å²) in [7, 11) is 0. The van der Waals surface area contributed by atoms with Gasteiger partial charge >= 0.3 is 17.9 Å². The molecule has 7 aromatic carbocycles. The summed E-state index contributed by atoms with van der Waals surface area (Å²) in [6, 6.07) is 29.9. The van der Waals surface area contributed by atoms with Crippen LogP contribution in [-0.2, 0) is 12.8 Å². The lowest BCUT2D eigenvalue weighted by Gasteiger charge is -2.25. The number of rotatable bonds is 5. The number of carboxylic acid groups (broad SMARTS) is 3. The van der Waals surface area contributed by atoms with Crippen LogP contribution in [0, 0.1) is 27.7 Å². The average Bonchev–Trinajstić information content (AvgIpc) is 3.72. The molecule has 9 rings (SSSR count). The number of carbonyl (C=O) groups is 3. The molecule has 0 aliphatic heterocycles. The molecule has 0 spiro atoms. The van der Waals surface area contributed by atoms with Crippen molar-refractivity contribution in [3.05, 3.63) is 152 Å². The molecular formula is C47H34O6. The predicted octanol–water partition coefficient (Wildman–Crippen LogP) is 10.8. The third-order valence-corrected chi connectivity index (χ3v) is 11.9. The van der Waals surface area contributed by atoms with Crippen molar-refractivity contribution >= 4 is 39.5 Å². The fourth-order valence-corrected chi connectivity index (χ4v) is 9.35. The number of carboxylic acids is 3. The highest BCUT2D eigenvalue weighted by Crippen LogP contribution is 2.51. The number of benzene rings is 7. The molecule has 0 saturated heterocycles. The smallest absolute Gasteiger partial charge is 0.336 e. The average molecular weight is 695 g/mol. The minimum atomic E-state index is -1.25. The molecule has 258 valence electrons. The topological polar surface area (TPSA) is 112 Å². The van der Waals surface area contributed by atoms with Crippen LogP contribution in [0.4, 0.5) is 0 Å². The van der Waals surface area contributed by atoms with E-state index in [9.17, 15) is 29.7 Å². The molecule has 7 aromatic rings. The van der Waals surface area contributed by atoms with Crippen LogP contribution in [-0.4, -0.2) is 33.2 Å². The number of fused-ring (bicyclic) bond motifs is 9. The van der Waals surface area contributed by atoms with E-state index in [1.54, 1.807) is 13.0 Å². The van der Waals surface area contributed by atoms with Crippen molar-refractivity contribution in [1.82, 2.24) is 0 Å². The van der Waals surface area contributed by atoms with Gasteiger partial charge in [-0.05, 0) is 135 Å². The Morgan fingerprint density at radius 2 is 0.925 bits per heavy atom. The highest BCUT2D eigenvalue weighted by molar-refractivity contribution is 6.30. The van der Waals surface area contributed by atoms with Crippen LogP contribution >= 0.6 is 0 Å². The molecule has 0 amide bonds. The van der Waals surface area contributed by atoms with Crippen LogP contribution in [0.25, 0.3) is 66.1 Å². The summed E-state index contributed by atoms with van der Waals surface area (Å²) >= 11 is 0. The van der Waals surface area contributed by atoms with E-state index in [1.165, 1.54) is 5.56 Å². The van der Waals surface area contributed by atoms with E-state index >= 15 is 0 Å². The van der Waals surface area contributed by atoms with Crippen molar-refractivity contribution in [2.24, 2.45) is 0 Å². The Morgan fingerprint density at radius 3 is 1.45 bits per heavy atom. The van der Waals surface area contributed by atoms with Crippen molar-refractivity contribution in [1.29, 1.82) is 0 Å². The molecule has 0 aromatic heterocycles. The van der Waals surface area contributed by atoms with Crippen LogP contribution in [0.15, 0.2) is 91.0 Å². The second-order valence-corrected chi connectivity index (χ2v) is 14.3. The Labute approximate surface area is 305 Å². The largest absolute Gasteiger partial charge is 0.478 e. The van der Waals surface area contributed by atoms with E-state index in [2.05, 4.69) is 30.3 Å². The van der Waals surface area contributed by atoms with Crippen molar-refractivity contribution in [2.75, 3.05) is 0 Å². The molecule has 53 heavy (non-hydrogen) atoms. The zero-order valence-electron chi connectivity index (χ0n) is 29.6. The summed E-state index contributed by atoms with van der Waals surface area (Å²) in [4.78, 5) is 40.7. The molecule has 0 saturated carbocycles. The van der Waals surface area contributed by atoms with Gasteiger partial charge in [-0.3, -0.25) is 0 Å². The molecule has 6 nitrogen and oxygen atoms in total. The van der Waals surface area contributed by atoms with Gasteiger partial charge in [-0.2, -0.15) is 0 Å². The highest BCUT2D eigenvalue weighted by atomic mass is 16.4. The Balaban J connectivity index is 1.49. The molecule has 0 radical (unpaired) electrons. The van der Waals surface area contributed by atoms with Gasteiger partial charge in [0.15, 0.2) is 0 Å². The van der Waals surface area contributed by atoms with Crippen LogP contribution < -0.4 is 0 Å². The normalized spacial score (nSPS) is 12.5. The van der Waals surface area contributed by atoms with E-state index in [0.29, 0.717) is 51.6 Å². The highest BCUT2D eigenvalue weighted by Gasteiger charge is 2.33.